The molecule has 0 aromatic carbocycles. The molecule has 138 valence electrons. The maximum Gasteiger partial charge on any atom is 0.191 e. The van der Waals surface area contributed by atoms with E-state index in [1.165, 1.54) is 5.01 Å². The summed E-state index contributed by atoms with van der Waals surface area (Å²) in [6.07, 6.45) is 0.978. The SMILES string of the molecule is CN=C(NCc1csc(C(C)C)n1)NC1CC(C)(OC)C1(C)C.I. The smallest absolute Gasteiger partial charge is 0.191 e. The summed E-state index contributed by atoms with van der Waals surface area (Å²) in [7, 11) is 3.59. The maximum absolute atomic E-state index is 5.68. The Hall–Kier alpha value is -0.410. The summed E-state index contributed by atoms with van der Waals surface area (Å²) in [5.74, 6) is 1.30. The Morgan fingerprint density at radius 1 is 1.46 bits per heavy atom. The highest BCUT2D eigenvalue weighted by molar-refractivity contribution is 14.0. The molecular weight excluding hydrogens is 435 g/mol. The van der Waals surface area contributed by atoms with Gasteiger partial charge in [-0.15, -0.1) is 35.3 Å². The van der Waals surface area contributed by atoms with E-state index >= 15 is 0 Å². The number of ether oxygens (including phenoxy) is 1. The highest BCUT2D eigenvalue weighted by Crippen LogP contribution is 2.51. The van der Waals surface area contributed by atoms with Crippen LogP contribution in [0.15, 0.2) is 10.4 Å². The molecule has 0 amide bonds. The van der Waals surface area contributed by atoms with Gasteiger partial charge < -0.3 is 15.4 Å². The van der Waals surface area contributed by atoms with E-state index in [0.29, 0.717) is 18.5 Å². The number of hydrogen-bond acceptors (Lipinski definition) is 4. The standard InChI is InChI=1S/C17H30N4OS.HI/c1-11(2)14-20-12(10-23-14)9-19-15(18-6)21-13-8-17(5,22-7)16(13,3)4;/h10-11,13H,8-9H2,1-7H3,(H2,18,19,21);1H. The zero-order valence-electron chi connectivity index (χ0n) is 15.8. The third kappa shape index (κ3) is 4.22. The Morgan fingerprint density at radius 2 is 2.12 bits per heavy atom. The van der Waals surface area contributed by atoms with Gasteiger partial charge in [0.15, 0.2) is 5.96 Å². The van der Waals surface area contributed by atoms with Crippen LogP contribution in [-0.4, -0.2) is 36.7 Å². The minimum absolute atomic E-state index is 0. The lowest BCUT2D eigenvalue weighted by atomic mass is 9.56. The second kappa shape index (κ2) is 8.31. The summed E-state index contributed by atoms with van der Waals surface area (Å²) in [6, 6.07) is 0.348. The van der Waals surface area contributed by atoms with Crippen LogP contribution in [0.25, 0.3) is 0 Å². The number of rotatable bonds is 5. The normalized spacial score (nSPS) is 25.8. The first-order valence-electron chi connectivity index (χ1n) is 8.20. The van der Waals surface area contributed by atoms with E-state index in [9.17, 15) is 0 Å². The van der Waals surface area contributed by atoms with Gasteiger partial charge in [-0.3, -0.25) is 4.99 Å². The fraction of sp³-hybridized carbons (Fsp3) is 0.765. The molecule has 2 N–H and O–H groups in total. The van der Waals surface area contributed by atoms with E-state index in [1.54, 1.807) is 25.5 Å². The van der Waals surface area contributed by atoms with Gasteiger partial charge in [-0.1, -0.05) is 27.7 Å². The number of nitrogens with zero attached hydrogens (tertiary/aromatic N) is 2. The quantitative estimate of drug-likeness (QED) is 0.394. The fourth-order valence-electron chi connectivity index (χ4n) is 2.93. The molecule has 1 aromatic heterocycles. The van der Waals surface area contributed by atoms with Crippen molar-refractivity contribution < 1.29 is 4.74 Å². The van der Waals surface area contributed by atoms with Gasteiger partial charge in [0.2, 0.25) is 0 Å². The van der Waals surface area contributed by atoms with Crippen molar-refractivity contribution in [2.75, 3.05) is 14.2 Å². The van der Waals surface area contributed by atoms with Crippen LogP contribution in [0.3, 0.4) is 0 Å². The van der Waals surface area contributed by atoms with Crippen LogP contribution >= 0.6 is 35.3 Å². The number of methoxy groups -OCH3 is 1. The van der Waals surface area contributed by atoms with E-state index in [-0.39, 0.29) is 35.0 Å². The van der Waals surface area contributed by atoms with Crippen LogP contribution < -0.4 is 10.6 Å². The Morgan fingerprint density at radius 3 is 2.58 bits per heavy atom. The molecule has 1 aliphatic rings. The van der Waals surface area contributed by atoms with E-state index in [2.05, 4.69) is 60.6 Å². The Kier molecular flexibility index (Phi) is 7.49. The molecule has 0 bridgehead atoms. The number of thiazole rings is 1. The molecule has 0 saturated heterocycles. The Labute approximate surface area is 167 Å². The topological polar surface area (TPSA) is 58.5 Å². The Balaban J connectivity index is 0.00000288. The molecule has 2 unspecified atom stereocenters. The maximum atomic E-state index is 5.68. The van der Waals surface area contributed by atoms with Crippen molar-refractivity contribution in [3.63, 3.8) is 0 Å². The van der Waals surface area contributed by atoms with Gasteiger partial charge in [0.05, 0.1) is 22.8 Å². The van der Waals surface area contributed by atoms with Gasteiger partial charge in [0, 0.05) is 36.9 Å². The molecule has 24 heavy (non-hydrogen) atoms. The number of nitrogens with one attached hydrogen (secondary N) is 2. The van der Waals surface area contributed by atoms with Crippen LogP contribution in [0.2, 0.25) is 0 Å². The molecule has 0 radical (unpaired) electrons. The summed E-state index contributed by atoms with van der Waals surface area (Å²) >= 11 is 1.72. The number of aromatic nitrogens is 1. The molecule has 2 atom stereocenters. The monoisotopic (exact) mass is 466 g/mol. The van der Waals surface area contributed by atoms with E-state index < -0.39 is 0 Å². The first kappa shape index (κ1) is 21.6. The minimum atomic E-state index is -0.0788. The van der Waals surface area contributed by atoms with Gasteiger partial charge >= 0.3 is 0 Å². The highest BCUT2D eigenvalue weighted by Gasteiger charge is 2.58. The van der Waals surface area contributed by atoms with Crippen LogP contribution in [0, 0.1) is 5.41 Å². The molecule has 0 aliphatic heterocycles. The molecule has 1 aromatic rings. The summed E-state index contributed by atoms with van der Waals surface area (Å²) in [4.78, 5) is 8.98. The van der Waals surface area contributed by atoms with Gasteiger partial charge in [0.1, 0.15) is 0 Å². The molecule has 2 rings (SSSR count). The third-order valence-electron chi connectivity index (χ3n) is 5.31. The lowest BCUT2D eigenvalue weighted by molar-refractivity contribution is -0.176. The zero-order chi connectivity index (χ0) is 17.3. The molecule has 1 aliphatic carbocycles. The van der Waals surface area contributed by atoms with Crippen molar-refractivity contribution in [2.45, 2.75) is 65.1 Å². The van der Waals surface area contributed by atoms with Crippen LogP contribution in [0.5, 0.6) is 0 Å². The largest absolute Gasteiger partial charge is 0.378 e. The fourth-order valence-corrected chi connectivity index (χ4v) is 3.76. The first-order valence-corrected chi connectivity index (χ1v) is 9.08. The summed E-state index contributed by atoms with van der Waals surface area (Å²) in [6.45, 7) is 11.7. The zero-order valence-corrected chi connectivity index (χ0v) is 18.9. The van der Waals surface area contributed by atoms with Crippen molar-refractivity contribution >= 4 is 41.3 Å². The van der Waals surface area contributed by atoms with E-state index in [0.717, 1.165) is 18.1 Å². The van der Waals surface area contributed by atoms with Gasteiger partial charge in [-0.05, 0) is 13.3 Å². The van der Waals surface area contributed by atoms with Crippen molar-refractivity contribution in [3.05, 3.63) is 16.1 Å². The predicted molar refractivity (Wildman–Crippen MR) is 113 cm³/mol. The first-order chi connectivity index (χ1) is 10.7. The van der Waals surface area contributed by atoms with Gasteiger partial charge in [-0.2, -0.15) is 0 Å². The van der Waals surface area contributed by atoms with Crippen molar-refractivity contribution in [2.24, 2.45) is 10.4 Å². The van der Waals surface area contributed by atoms with E-state index in [1.807, 2.05) is 0 Å². The predicted octanol–water partition coefficient (Wildman–Crippen LogP) is 3.75. The molecule has 7 heteroatoms. The van der Waals surface area contributed by atoms with Crippen molar-refractivity contribution in [1.29, 1.82) is 0 Å². The summed E-state index contributed by atoms with van der Waals surface area (Å²) < 4.78 is 5.68. The average molecular weight is 466 g/mol. The van der Waals surface area contributed by atoms with Gasteiger partial charge in [-0.25, -0.2) is 4.98 Å². The number of guanidine groups is 1. The van der Waals surface area contributed by atoms with Crippen LogP contribution in [0.4, 0.5) is 0 Å². The molecule has 0 spiro atoms. The molecule has 5 nitrogen and oxygen atoms in total. The number of aliphatic imine (C=N–C) groups is 1. The molecule has 1 saturated carbocycles. The lowest BCUT2D eigenvalue weighted by Crippen LogP contribution is -2.69. The Bertz CT molecular complexity index is 573. The number of halogens is 1. The lowest BCUT2D eigenvalue weighted by Gasteiger charge is -2.59. The molecule has 1 heterocycles. The average Bonchev–Trinajstić information content (AvgIpc) is 2.99. The van der Waals surface area contributed by atoms with Crippen LogP contribution in [-0.2, 0) is 11.3 Å². The second-order valence-electron chi connectivity index (χ2n) is 7.32. The highest BCUT2D eigenvalue weighted by atomic mass is 127. The summed E-state index contributed by atoms with van der Waals surface area (Å²) in [5, 5.41) is 10.2. The summed E-state index contributed by atoms with van der Waals surface area (Å²) in [5.41, 5.74) is 1.05. The molecular formula is C17H31IN4OS. The van der Waals surface area contributed by atoms with Crippen molar-refractivity contribution in [3.8, 4) is 0 Å². The van der Waals surface area contributed by atoms with E-state index in [4.69, 9.17) is 4.74 Å². The molecule has 1 fully saturated rings. The minimum Gasteiger partial charge on any atom is -0.378 e. The van der Waals surface area contributed by atoms with Crippen molar-refractivity contribution in [1.82, 2.24) is 15.6 Å². The van der Waals surface area contributed by atoms with Gasteiger partial charge in [0.25, 0.3) is 0 Å². The third-order valence-corrected chi connectivity index (χ3v) is 6.51. The number of hydrogen-bond donors (Lipinski definition) is 2. The second-order valence-corrected chi connectivity index (χ2v) is 8.20. The van der Waals surface area contributed by atoms with Crippen LogP contribution in [0.1, 0.15) is 57.7 Å².